The van der Waals surface area contributed by atoms with E-state index in [0.717, 1.165) is 16.5 Å². The highest BCUT2D eigenvalue weighted by atomic mass is 32.1. The quantitative estimate of drug-likeness (QED) is 0.350. The van der Waals surface area contributed by atoms with Crippen molar-refractivity contribution < 1.29 is 18.7 Å². The fourth-order valence-electron chi connectivity index (χ4n) is 3.19. The lowest BCUT2D eigenvalue weighted by molar-refractivity contribution is 0.0475. The molecule has 1 N–H and O–H groups in total. The van der Waals surface area contributed by atoms with Crippen LogP contribution < -0.4 is 10.9 Å². The zero-order chi connectivity index (χ0) is 22.0. The molecule has 6 nitrogen and oxygen atoms in total. The Kier molecular flexibility index (Phi) is 5.68. The summed E-state index contributed by atoms with van der Waals surface area (Å²) < 4.78 is 10.8. The minimum atomic E-state index is -0.604. The monoisotopic (exact) mass is 433 g/mol. The van der Waals surface area contributed by atoms with Crippen molar-refractivity contribution in [1.82, 2.24) is 0 Å². The molecule has 0 unspecified atom stereocenters. The normalized spacial score (nSPS) is 10.8. The first-order valence-electron chi connectivity index (χ1n) is 9.57. The minimum absolute atomic E-state index is 0.101. The number of rotatable bonds is 5. The smallest absolute Gasteiger partial charge is 0.340 e. The molecule has 1 amide bonds. The molecule has 2 heterocycles. The number of benzene rings is 2. The molecule has 4 rings (SSSR count). The van der Waals surface area contributed by atoms with Crippen LogP contribution in [-0.2, 0) is 11.3 Å². The third-order valence-electron chi connectivity index (χ3n) is 4.94. The molecule has 7 heteroatoms. The molecule has 0 saturated carbocycles. The highest BCUT2D eigenvalue weighted by Gasteiger charge is 2.17. The summed E-state index contributed by atoms with van der Waals surface area (Å²) in [6.07, 6.45) is 0. The van der Waals surface area contributed by atoms with E-state index < -0.39 is 11.6 Å². The van der Waals surface area contributed by atoms with Crippen LogP contribution >= 0.6 is 11.3 Å². The van der Waals surface area contributed by atoms with E-state index >= 15 is 0 Å². The molecule has 0 saturated heterocycles. The highest BCUT2D eigenvalue weighted by molar-refractivity contribution is 7.12. The number of anilines is 1. The van der Waals surface area contributed by atoms with Gasteiger partial charge in [-0.25, -0.2) is 9.59 Å². The van der Waals surface area contributed by atoms with Gasteiger partial charge in [0.05, 0.1) is 16.1 Å². The average Bonchev–Trinajstić information content (AvgIpc) is 3.28. The van der Waals surface area contributed by atoms with E-state index in [1.807, 2.05) is 19.9 Å². The summed E-state index contributed by atoms with van der Waals surface area (Å²) in [5, 5.41) is 5.27. The van der Waals surface area contributed by atoms with Crippen LogP contribution in [0.3, 0.4) is 0 Å². The number of para-hydroxylation sites is 1. The van der Waals surface area contributed by atoms with Crippen molar-refractivity contribution in [2.24, 2.45) is 0 Å². The lowest BCUT2D eigenvalue weighted by Gasteiger charge is -2.12. The van der Waals surface area contributed by atoms with Crippen LogP contribution in [0.4, 0.5) is 5.69 Å². The predicted octanol–water partition coefficient (Wildman–Crippen LogP) is 5.08. The van der Waals surface area contributed by atoms with Crippen molar-refractivity contribution >= 4 is 39.9 Å². The number of aryl methyl sites for hydroxylation is 2. The third kappa shape index (κ3) is 4.41. The van der Waals surface area contributed by atoms with Crippen molar-refractivity contribution in [2.45, 2.75) is 20.5 Å². The van der Waals surface area contributed by atoms with Gasteiger partial charge >= 0.3 is 11.6 Å². The Balaban J connectivity index is 1.57. The Morgan fingerprint density at radius 3 is 2.58 bits per heavy atom. The summed E-state index contributed by atoms with van der Waals surface area (Å²) in [6.45, 7) is 3.79. The number of nitrogens with one attached hydrogen (secondary N) is 1. The van der Waals surface area contributed by atoms with E-state index in [0.29, 0.717) is 21.7 Å². The number of ether oxygens (including phenoxy) is 1. The van der Waals surface area contributed by atoms with Gasteiger partial charge < -0.3 is 14.5 Å². The van der Waals surface area contributed by atoms with Gasteiger partial charge in [-0.15, -0.1) is 11.3 Å². The van der Waals surface area contributed by atoms with Gasteiger partial charge in [0, 0.05) is 17.0 Å². The predicted molar refractivity (Wildman–Crippen MR) is 120 cm³/mol. The molecule has 2 aromatic carbocycles. The second kappa shape index (κ2) is 8.57. The third-order valence-corrected chi connectivity index (χ3v) is 5.81. The number of thiophene rings is 1. The summed E-state index contributed by atoms with van der Waals surface area (Å²) >= 11 is 1.31. The second-order valence-electron chi connectivity index (χ2n) is 7.08. The zero-order valence-electron chi connectivity index (χ0n) is 16.9. The van der Waals surface area contributed by atoms with Crippen LogP contribution in [-0.4, -0.2) is 11.9 Å². The van der Waals surface area contributed by atoms with Gasteiger partial charge in [0.1, 0.15) is 12.2 Å². The Hall–Kier alpha value is -3.71. The maximum Gasteiger partial charge on any atom is 0.340 e. The van der Waals surface area contributed by atoms with Gasteiger partial charge in [-0.2, -0.15) is 0 Å². The Morgan fingerprint density at radius 2 is 1.81 bits per heavy atom. The van der Waals surface area contributed by atoms with Crippen molar-refractivity contribution in [1.29, 1.82) is 0 Å². The first-order valence-corrected chi connectivity index (χ1v) is 10.5. The maximum atomic E-state index is 12.8. The molecule has 0 fully saturated rings. The molecule has 0 aliphatic rings. The molecule has 4 aromatic rings. The number of amides is 1. The van der Waals surface area contributed by atoms with Crippen LogP contribution in [0.15, 0.2) is 69.2 Å². The van der Waals surface area contributed by atoms with Gasteiger partial charge in [0.15, 0.2) is 0 Å². The van der Waals surface area contributed by atoms with Gasteiger partial charge in [0.25, 0.3) is 5.91 Å². The molecular formula is C24H19NO5S. The van der Waals surface area contributed by atoms with E-state index in [9.17, 15) is 14.4 Å². The maximum absolute atomic E-state index is 12.8. The van der Waals surface area contributed by atoms with Crippen LogP contribution in [0, 0.1) is 13.8 Å². The summed E-state index contributed by atoms with van der Waals surface area (Å²) in [7, 11) is 0. The van der Waals surface area contributed by atoms with Crippen LogP contribution in [0.5, 0.6) is 0 Å². The molecule has 0 spiro atoms. The Labute approximate surface area is 182 Å². The van der Waals surface area contributed by atoms with Crippen LogP contribution in [0.2, 0.25) is 0 Å². The Morgan fingerprint density at radius 1 is 1.03 bits per heavy atom. The van der Waals surface area contributed by atoms with Crippen molar-refractivity contribution in [2.75, 3.05) is 5.32 Å². The lowest BCUT2D eigenvalue weighted by atomic mass is 10.0. The largest absolute Gasteiger partial charge is 0.457 e. The zero-order valence-corrected chi connectivity index (χ0v) is 17.7. The van der Waals surface area contributed by atoms with Gasteiger partial charge in [-0.1, -0.05) is 18.2 Å². The number of fused-ring (bicyclic) bond motifs is 1. The van der Waals surface area contributed by atoms with Crippen molar-refractivity contribution in [3.8, 4) is 0 Å². The van der Waals surface area contributed by atoms with E-state index in [-0.39, 0.29) is 18.1 Å². The van der Waals surface area contributed by atoms with Crippen molar-refractivity contribution in [3.63, 3.8) is 0 Å². The number of esters is 1. The molecular weight excluding hydrogens is 414 g/mol. The van der Waals surface area contributed by atoms with E-state index in [4.69, 9.17) is 9.15 Å². The van der Waals surface area contributed by atoms with Crippen LogP contribution in [0.25, 0.3) is 11.0 Å². The van der Waals surface area contributed by atoms with E-state index in [1.54, 1.807) is 47.8 Å². The molecule has 0 aliphatic carbocycles. The Bertz CT molecular complexity index is 1340. The highest BCUT2D eigenvalue weighted by Crippen LogP contribution is 2.24. The molecule has 0 bridgehead atoms. The number of carbonyl (C=O) groups excluding carboxylic acids is 2. The first-order chi connectivity index (χ1) is 14.9. The molecule has 31 heavy (non-hydrogen) atoms. The fraction of sp³-hybridized carbons (Fsp3) is 0.125. The summed E-state index contributed by atoms with van der Waals surface area (Å²) in [6, 6.07) is 15.2. The number of hydrogen-bond donors (Lipinski definition) is 1. The van der Waals surface area contributed by atoms with Crippen LogP contribution in [0.1, 0.15) is 36.7 Å². The van der Waals surface area contributed by atoms with Gasteiger partial charge in [-0.05, 0) is 60.7 Å². The summed E-state index contributed by atoms with van der Waals surface area (Å²) in [5.74, 6) is -0.903. The van der Waals surface area contributed by atoms with E-state index in [1.165, 1.54) is 17.4 Å². The number of carbonyl (C=O) groups is 2. The fourth-order valence-corrected chi connectivity index (χ4v) is 3.80. The summed E-state index contributed by atoms with van der Waals surface area (Å²) in [4.78, 5) is 37.6. The van der Waals surface area contributed by atoms with Gasteiger partial charge in [-0.3, -0.25) is 4.79 Å². The summed E-state index contributed by atoms with van der Waals surface area (Å²) in [5.41, 5.74) is 3.12. The molecule has 0 aliphatic heterocycles. The topological polar surface area (TPSA) is 85.6 Å². The molecule has 2 aromatic heterocycles. The lowest BCUT2D eigenvalue weighted by Crippen LogP contribution is -2.15. The molecule has 0 radical (unpaired) electrons. The minimum Gasteiger partial charge on any atom is -0.457 e. The second-order valence-corrected chi connectivity index (χ2v) is 8.02. The standard InChI is InChI=1S/C24H19NO5S/c1-14-10-18-16(12-22(26)30-20(18)11-15(14)2)13-29-24(28)17-6-3-4-7-19(17)25-23(27)21-8-5-9-31-21/h3-12H,13H2,1-2H3,(H,25,27). The SMILES string of the molecule is Cc1cc2oc(=O)cc(COC(=O)c3ccccc3NC(=O)c3cccs3)c2cc1C. The first kappa shape index (κ1) is 20.6. The van der Waals surface area contributed by atoms with Gasteiger partial charge in [0.2, 0.25) is 0 Å². The molecule has 156 valence electrons. The molecule has 0 atom stereocenters. The number of hydrogen-bond acceptors (Lipinski definition) is 6. The van der Waals surface area contributed by atoms with Crippen molar-refractivity contribution in [3.05, 3.63) is 97.5 Å². The van der Waals surface area contributed by atoms with E-state index in [2.05, 4.69) is 5.32 Å². The average molecular weight is 433 g/mol.